The van der Waals surface area contributed by atoms with Gasteiger partial charge in [0.25, 0.3) is 0 Å². The average molecular weight is 242 g/mol. The van der Waals surface area contributed by atoms with Crippen molar-refractivity contribution in [1.82, 2.24) is 10.2 Å². The molecule has 2 N–H and O–H groups in total. The van der Waals surface area contributed by atoms with Gasteiger partial charge in [0.15, 0.2) is 0 Å². The third kappa shape index (κ3) is 4.61. The van der Waals surface area contributed by atoms with Crippen LogP contribution in [-0.4, -0.2) is 60.9 Å². The number of aliphatic carboxylic acids is 1. The normalized spacial score (nSPS) is 24.2. The summed E-state index contributed by atoms with van der Waals surface area (Å²) >= 11 is 0. The molecule has 1 aliphatic carbocycles. The van der Waals surface area contributed by atoms with Gasteiger partial charge in [-0.15, -0.1) is 0 Å². The van der Waals surface area contributed by atoms with Crippen molar-refractivity contribution >= 4 is 5.97 Å². The first-order valence-corrected chi connectivity index (χ1v) is 6.54. The van der Waals surface area contributed by atoms with Crippen LogP contribution in [0.2, 0.25) is 0 Å². The Kier molecular flexibility index (Phi) is 4.76. The van der Waals surface area contributed by atoms with Crippen LogP contribution in [-0.2, 0) is 9.53 Å². The molecular formula is C12H22N2O3. The second-order valence-electron chi connectivity index (χ2n) is 4.93. The Labute approximate surface area is 102 Å². The maximum atomic E-state index is 11.1. The Morgan fingerprint density at radius 2 is 2.24 bits per heavy atom. The molecule has 0 radical (unpaired) electrons. The summed E-state index contributed by atoms with van der Waals surface area (Å²) in [7, 11) is 0. The van der Waals surface area contributed by atoms with Crippen molar-refractivity contribution < 1.29 is 14.6 Å². The van der Waals surface area contributed by atoms with Crippen molar-refractivity contribution in [3.8, 4) is 0 Å². The van der Waals surface area contributed by atoms with E-state index in [1.165, 1.54) is 0 Å². The molecule has 1 aliphatic heterocycles. The van der Waals surface area contributed by atoms with E-state index in [4.69, 9.17) is 9.84 Å². The van der Waals surface area contributed by atoms with Crippen LogP contribution in [0.15, 0.2) is 0 Å². The van der Waals surface area contributed by atoms with E-state index in [2.05, 4.69) is 10.2 Å². The third-order valence-electron chi connectivity index (χ3n) is 3.36. The van der Waals surface area contributed by atoms with Crippen molar-refractivity contribution in [1.29, 1.82) is 0 Å². The quantitative estimate of drug-likeness (QED) is 0.701. The fourth-order valence-electron chi connectivity index (χ4n) is 2.15. The summed E-state index contributed by atoms with van der Waals surface area (Å²) in [6, 6.07) is 0.0650. The molecule has 0 spiro atoms. The van der Waals surface area contributed by atoms with Crippen molar-refractivity contribution in [2.45, 2.75) is 37.8 Å². The molecule has 0 aromatic heterocycles. The lowest BCUT2D eigenvalue weighted by molar-refractivity contribution is -0.139. The summed E-state index contributed by atoms with van der Waals surface area (Å²) in [5.74, 6) is -0.719. The van der Waals surface area contributed by atoms with Crippen LogP contribution in [0.5, 0.6) is 0 Å². The summed E-state index contributed by atoms with van der Waals surface area (Å²) in [5.41, 5.74) is 0. The molecule has 0 aromatic carbocycles. The first kappa shape index (κ1) is 12.8. The lowest BCUT2D eigenvalue weighted by atomic mass is 10.2. The standard InChI is InChI=1S/C12H22N2O3/c15-12(16)11(13-10-2-3-10)4-6-14-5-1-8-17-9-7-14/h10-11,13H,1-9H2,(H,15,16). The van der Waals surface area contributed by atoms with E-state index in [0.717, 1.165) is 52.1 Å². The fraction of sp³-hybridized carbons (Fsp3) is 0.917. The van der Waals surface area contributed by atoms with Gasteiger partial charge < -0.3 is 20.1 Å². The Morgan fingerprint density at radius 1 is 1.41 bits per heavy atom. The van der Waals surface area contributed by atoms with Gasteiger partial charge in [-0.3, -0.25) is 4.79 Å². The van der Waals surface area contributed by atoms with Crippen LogP contribution in [0, 0.1) is 0 Å². The highest BCUT2D eigenvalue weighted by atomic mass is 16.5. The molecular weight excluding hydrogens is 220 g/mol. The predicted octanol–water partition coefficient (Wildman–Crippen LogP) is 0.304. The molecule has 2 fully saturated rings. The molecule has 1 atom stereocenters. The van der Waals surface area contributed by atoms with Gasteiger partial charge in [0.05, 0.1) is 6.61 Å². The highest BCUT2D eigenvalue weighted by Gasteiger charge is 2.28. The molecule has 0 aromatic rings. The molecule has 1 heterocycles. The Bertz CT molecular complexity index is 248. The molecule has 1 saturated carbocycles. The number of ether oxygens (including phenoxy) is 1. The van der Waals surface area contributed by atoms with E-state index < -0.39 is 5.97 Å². The van der Waals surface area contributed by atoms with Gasteiger partial charge >= 0.3 is 5.97 Å². The van der Waals surface area contributed by atoms with E-state index >= 15 is 0 Å². The summed E-state index contributed by atoms with van der Waals surface area (Å²) in [6.07, 6.45) is 3.99. The molecule has 5 nitrogen and oxygen atoms in total. The topological polar surface area (TPSA) is 61.8 Å². The van der Waals surface area contributed by atoms with Crippen molar-refractivity contribution in [3.63, 3.8) is 0 Å². The van der Waals surface area contributed by atoms with E-state index in [-0.39, 0.29) is 6.04 Å². The number of hydrogen-bond acceptors (Lipinski definition) is 4. The van der Waals surface area contributed by atoms with Crippen LogP contribution in [0.4, 0.5) is 0 Å². The van der Waals surface area contributed by atoms with Crippen LogP contribution in [0.25, 0.3) is 0 Å². The number of carboxylic acid groups (broad SMARTS) is 1. The van der Waals surface area contributed by atoms with Gasteiger partial charge in [-0.1, -0.05) is 0 Å². The molecule has 1 unspecified atom stereocenters. The molecule has 1 saturated heterocycles. The first-order valence-electron chi connectivity index (χ1n) is 6.54. The predicted molar refractivity (Wildman–Crippen MR) is 64.1 cm³/mol. The molecule has 0 amide bonds. The zero-order chi connectivity index (χ0) is 12.1. The molecule has 2 rings (SSSR count). The summed E-state index contributed by atoms with van der Waals surface area (Å²) < 4.78 is 5.38. The van der Waals surface area contributed by atoms with E-state index in [9.17, 15) is 4.79 Å². The van der Waals surface area contributed by atoms with Crippen LogP contribution >= 0.6 is 0 Å². The molecule has 17 heavy (non-hydrogen) atoms. The highest BCUT2D eigenvalue weighted by molar-refractivity contribution is 5.73. The number of carbonyl (C=O) groups is 1. The number of nitrogens with zero attached hydrogens (tertiary/aromatic N) is 1. The second kappa shape index (κ2) is 6.33. The lowest BCUT2D eigenvalue weighted by Crippen LogP contribution is -2.41. The van der Waals surface area contributed by atoms with Crippen molar-refractivity contribution in [3.05, 3.63) is 0 Å². The van der Waals surface area contributed by atoms with Gasteiger partial charge in [-0.05, 0) is 25.7 Å². The van der Waals surface area contributed by atoms with Gasteiger partial charge in [0.1, 0.15) is 6.04 Å². The summed E-state index contributed by atoms with van der Waals surface area (Å²) in [4.78, 5) is 13.4. The Balaban J connectivity index is 1.71. The SMILES string of the molecule is O=C(O)C(CCN1CCCOCC1)NC1CC1. The monoisotopic (exact) mass is 242 g/mol. The highest BCUT2D eigenvalue weighted by Crippen LogP contribution is 2.20. The average Bonchev–Trinajstić information content (AvgIpc) is 3.11. The smallest absolute Gasteiger partial charge is 0.320 e. The number of carboxylic acids is 1. The first-order chi connectivity index (χ1) is 8.25. The van der Waals surface area contributed by atoms with Crippen LogP contribution in [0.3, 0.4) is 0 Å². The lowest BCUT2D eigenvalue weighted by Gasteiger charge is -2.21. The van der Waals surface area contributed by atoms with Gasteiger partial charge in [0, 0.05) is 32.3 Å². The van der Waals surface area contributed by atoms with Crippen LogP contribution in [0.1, 0.15) is 25.7 Å². The van der Waals surface area contributed by atoms with E-state index in [1.54, 1.807) is 0 Å². The fourth-order valence-corrected chi connectivity index (χ4v) is 2.15. The maximum Gasteiger partial charge on any atom is 0.320 e. The number of hydrogen-bond donors (Lipinski definition) is 2. The summed E-state index contributed by atoms with van der Waals surface area (Å²) in [6.45, 7) is 4.40. The van der Waals surface area contributed by atoms with Crippen LogP contribution < -0.4 is 5.32 Å². The molecule has 98 valence electrons. The van der Waals surface area contributed by atoms with Gasteiger partial charge in [-0.25, -0.2) is 0 Å². The number of nitrogens with one attached hydrogen (secondary N) is 1. The minimum absolute atomic E-state index is 0.383. The van der Waals surface area contributed by atoms with Gasteiger partial charge in [0.2, 0.25) is 0 Å². The van der Waals surface area contributed by atoms with E-state index in [0.29, 0.717) is 12.5 Å². The zero-order valence-corrected chi connectivity index (χ0v) is 10.2. The molecule has 5 heteroatoms. The van der Waals surface area contributed by atoms with Gasteiger partial charge in [-0.2, -0.15) is 0 Å². The largest absolute Gasteiger partial charge is 0.480 e. The number of rotatable bonds is 6. The minimum Gasteiger partial charge on any atom is -0.480 e. The van der Waals surface area contributed by atoms with Crippen molar-refractivity contribution in [2.75, 3.05) is 32.8 Å². The maximum absolute atomic E-state index is 11.1. The summed E-state index contributed by atoms with van der Waals surface area (Å²) in [5, 5.41) is 12.3. The molecule has 2 aliphatic rings. The third-order valence-corrected chi connectivity index (χ3v) is 3.36. The Morgan fingerprint density at radius 3 is 2.94 bits per heavy atom. The van der Waals surface area contributed by atoms with Crippen molar-refractivity contribution in [2.24, 2.45) is 0 Å². The Hall–Kier alpha value is -0.650. The van der Waals surface area contributed by atoms with E-state index in [1.807, 2.05) is 0 Å². The second-order valence-corrected chi connectivity index (χ2v) is 4.93. The molecule has 0 bridgehead atoms. The zero-order valence-electron chi connectivity index (χ0n) is 10.2. The minimum atomic E-state index is -0.719.